The number of nitrogens with zero attached hydrogens (tertiary/aromatic N) is 1. The molecule has 0 spiro atoms. The van der Waals surface area contributed by atoms with Gasteiger partial charge in [-0.25, -0.2) is 4.79 Å². The van der Waals surface area contributed by atoms with E-state index in [9.17, 15) is 9.59 Å². The molecule has 0 saturated heterocycles. The molecule has 2 aromatic rings. The predicted octanol–water partition coefficient (Wildman–Crippen LogP) is 3.50. The zero-order valence-corrected chi connectivity index (χ0v) is 20.0. The number of amides is 2. The highest BCUT2D eigenvalue weighted by molar-refractivity contribution is 9.18. The Balaban J connectivity index is 1.60. The summed E-state index contributed by atoms with van der Waals surface area (Å²) in [6.07, 6.45) is -0.287. The van der Waals surface area contributed by atoms with E-state index in [2.05, 4.69) is 31.7 Å². The summed E-state index contributed by atoms with van der Waals surface area (Å²) in [6.45, 7) is 0.337. The van der Waals surface area contributed by atoms with Crippen molar-refractivity contribution < 1.29 is 28.6 Å². The van der Waals surface area contributed by atoms with Crippen molar-refractivity contribution in [1.82, 2.24) is 10.6 Å². The molecule has 176 valence electrons. The van der Waals surface area contributed by atoms with Crippen molar-refractivity contribution in [2.24, 2.45) is 5.16 Å². The maximum absolute atomic E-state index is 12.9. The Morgan fingerprint density at radius 2 is 1.88 bits per heavy atom. The van der Waals surface area contributed by atoms with Crippen LogP contribution in [0.1, 0.15) is 24.0 Å². The largest absolute Gasteiger partial charge is 0.493 e. The van der Waals surface area contributed by atoms with Crippen LogP contribution in [0.15, 0.2) is 53.7 Å². The monoisotopic (exact) mass is 519 g/mol. The van der Waals surface area contributed by atoms with Crippen LogP contribution < -0.4 is 20.1 Å². The summed E-state index contributed by atoms with van der Waals surface area (Å²) < 4.78 is 16.5. The predicted molar refractivity (Wildman–Crippen MR) is 125 cm³/mol. The maximum Gasteiger partial charge on any atom is 0.408 e. The Bertz CT molecular complexity index is 985. The van der Waals surface area contributed by atoms with Gasteiger partial charge in [-0.2, -0.15) is 0 Å². The molecule has 0 bridgehead atoms. The number of methoxy groups -OCH3 is 2. The lowest BCUT2D eigenvalue weighted by atomic mass is 10.1. The average molecular weight is 520 g/mol. The van der Waals surface area contributed by atoms with E-state index in [1.807, 2.05) is 36.4 Å². The minimum atomic E-state index is -0.869. The van der Waals surface area contributed by atoms with Gasteiger partial charge in [-0.1, -0.05) is 41.6 Å². The van der Waals surface area contributed by atoms with Crippen LogP contribution in [0.4, 0.5) is 4.79 Å². The summed E-state index contributed by atoms with van der Waals surface area (Å²) in [7, 11) is 3.10. The molecule has 2 unspecified atom stereocenters. The molecule has 33 heavy (non-hydrogen) atoms. The van der Waals surface area contributed by atoms with Gasteiger partial charge in [-0.3, -0.25) is 4.79 Å². The smallest absolute Gasteiger partial charge is 0.408 e. The molecule has 0 radical (unpaired) electrons. The fraction of sp³-hybridized carbons (Fsp3) is 0.348. The van der Waals surface area contributed by atoms with Crippen molar-refractivity contribution in [3.8, 4) is 11.5 Å². The van der Waals surface area contributed by atoms with Gasteiger partial charge in [0.2, 0.25) is 5.91 Å². The van der Waals surface area contributed by atoms with E-state index in [0.717, 1.165) is 11.1 Å². The molecule has 2 amide bonds. The summed E-state index contributed by atoms with van der Waals surface area (Å²) in [6, 6.07) is 13.8. The first-order valence-corrected chi connectivity index (χ1v) is 11.1. The molecule has 2 atom stereocenters. The summed E-state index contributed by atoms with van der Waals surface area (Å²) in [4.78, 5) is 30.6. The molecule has 0 fully saturated rings. The van der Waals surface area contributed by atoms with Gasteiger partial charge in [0.15, 0.2) is 11.5 Å². The molecule has 0 saturated carbocycles. The molecule has 1 aliphatic heterocycles. The number of benzene rings is 2. The molecule has 0 aromatic heterocycles. The van der Waals surface area contributed by atoms with Crippen LogP contribution in [-0.4, -0.2) is 43.0 Å². The van der Waals surface area contributed by atoms with Crippen LogP contribution in [0.25, 0.3) is 0 Å². The molecular weight excluding hydrogens is 494 g/mol. The first-order chi connectivity index (χ1) is 16.0. The number of ether oxygens (including phenoxy) is 3. The van der Waals surface area contributed by atoms with Gasteiger partial charge in [0.25, 0.3) is 0 Å². The minimum Gasteiger partial charge on any atom is -0.493 e. The highest BCUT2D eigenvalue weighted by Crippen LogP contribution is 2.27. The SMILES string of the molecule is COc1ccc(CNC(=O)C(CC2CC(Br)=NO2)NC(=O)OCc2ccccc2)cc1OC. The van der Waals surface area contributed by atoms with Gasteiger partial charge in [-0.05, 0) is 39.2 Å². The molecule has 0 aliphatic carbocycles. The second kappa shape index (κ2) is 12.1. The normalized spacial score (nSPS) is 15.6. The summed E-state index contributed by atoms with van der Waals surface area (Å²) in [5.41, 5.74) is 1.66. The second-order valence-corrected chi connectivity index (χ2v) is 8.22. The van der Waals surface area contributed by atoms with Crippen molar-refractivity contribution in [2.75, 3.05) is 14.2 Å². The van der Waals surface area contributed by atoms with Gasteiger partial charge >= 0.3 is 6.09 Å². The number of alkyl carbamates (subject to hydrolysis) is 1. The Labute approximate surface area is 200 Å². The van der Waals surface area contributed by atoms with Crippen molar-refractivity contribution in [3.63, 3.8) is 0 Å². The van der Waals surface area contributed by atoms with E-state index in [0.29, 0.717) is 22.5 Å². The highest BCUT2D eigenvalue weighted by Gasteiger charge is 2.29. The zero-order chi connectivity index (χ0) is 23.6. The minimum absolute atomic E-state index is 0.0985. The third-order valence-electron chi connectivity index (χ3n) is 4.93. The number of carbonyl (C=O) groups excluding carboxylic acids is 2. The summed E-state index contributed by atoms with van der Waals surface area (Å²) >= 11 is 3.28. The highest BCUT2D eigenvalue weighted by atomic mass is 79.9. The number of rotatable bonds is 10. The van der Waals surface area contributed by atoms with E-state index in [1.54, 1.807) is 26.4 Å². The van der Waals surface area contributed by atoms with E-state index in [-0.39, 0.29) is 31.6 Å². The third-order valence-corrected chi connectivity index (χ3v) is 5.40. The van der Waals surface area contributed by atoms with E-state index in [4.69, 9.17) is 19.0 Å². The van der Waals surface area contributed by atoms with Crippen LogP contribution in [0.2, 0.25) is 0 Å². The van der Waals surface area contributed by atoms with E-state index < -0.39 is 12.1 Å². The first-order valence-electron chi connectivity index (χ1n) is 10.3. The Morgan fingerprint density at radius 1 is 1.12 bits per heavy atom. The van der Waals surface area contributed by atoms with Crippen molar-refractivity contribution in [1.29, 1.82) is 0 Å². The molecule has 3 rings (SSSR count). The molecule has 2 N–H and O–H groups in total. The fourth-order valence-electron chi connectivity index (χ4n) is 3.22. The molecule has 2 aromatic carbocycles. The number of hydrogen-bond donors (Lipinski definition) is 2. The lowest BCUT2D eigenvalue weighted by molar-refractivity contribution is -0.124. The van der Waals surface area contributed by atoms with Crippen molar-refractivity contribution in [2.45, 2.75) is 38.1 Å². The van der Waals surface area contributed by atoms with Gasteiger partial charge in [0, 0.05) is 19.4 Å². The van der Waals surface area contributed by atoms with Crippen LogP contribution in [0.5, 0.6) is 11.5 Å². The number of oxime groups is 1. The lowest BCUT2D eigenvalue weighted by Crippen LogP contribution is -2.48. The second-order valence-electron chi connectivity index (χ2n) is 7.30. The van der Waals surface area contributed by atoms with E-state index in [1.165, 1.54) is 0 Å². The third kappa shape index (κ3) is 7.38. The molecule has 1 heterocycles. The summed E-state index contributed by atoms with van der Waals surface area (Å²) in [5.74, 6) is 0.787. The Kier molecular flexibility index (Phi) is 8.94. The Hall–Kier alpha value is -3.27. The van der Waals surface area contributed by atoms with Crippen molar-refractivity contribution in [3.05, 3.63) is 59.7 Å². The number of hydrogen-bond acceptors (Lipinski definition) is 7. The maximum atomic E-state index is 12.9. The topological polar surface area (TPSA) is 107 Å². The van der Waals surface area contributed by atoms with Gasteiger partial charge in [0.1, 0.15) is 23.4 Å². The summed E-state index contributed by atoms with van der Waals surface area (Å²) in [5, 5.41) is 9.33. The van der Waals surface area contributed by atoms with Gasteiger partial charge in [-0.15, -0.1) is 0 Å². The van der Waals surface area contributed by atoms with Crippen LogP contribution in [0, 0.1) is 0 Å². The van der Waals surface area contributed by atoms with Crippen molar-refractivity contribution >= 4 is 32.6 Å². The van der Waals surface area contributed by atoms with Crippen LogP contribution in [0.3, 0.4) is 0 Å². The van der Waals surface area contributed by atoms with Gasteiger partial charge in [0.05, 0.1) is 14.2 Å². The molecule has 1 aliphatic rings. The van der Waals surface area contributed by atoms with E-state index >= 15 is 0 Å². The zero-order valence-electron chi connectivity index (χ0n) is 18.4. The first kappa shape index (κ1) is 24.4. The Morgan fingerprint density at radius 3 is 2.55 bits per heavy atom. The average Bonchev–Trinajstić information content (AvgIpc) is 3.25. The van der Waals surface area contributed by atoms with Gasteiger partial charge < -0.3 is 29.7 Å². The molecule has 10 heteroatoms. The number of carbonyl (C=O) groups is 2. The van der Waals surface area contributed by atoms with Crippen LogP contribution >= 0.6 is 15.9 Å². The number of halogens is 1. The molecule has 9 nitrogen and oxygen atoms in total. The number of nitrogens with one attached hydrogen (secondary N) is 2. The fourth-order valence-corrected chi connectivity index (χ4v) is 3.67. The molecular formula is C23H26BrN3O6. The van der Waals surface area contributed by atoms with Crippen LogP contribution in [-0.2, 0) is 27.5 Å². The standard InChI is InChI=1S/C23H26BrN3O6/c1-30-19-9-8-16(10-20(19)31-2)13-25-22(28)18(11-17-12-21(24)27-33-17)26-23(29)32-14-15-6-4-3-5-7-15/h3-10,17-18H,11-14H2,1-2H3,(H,25,28)(H,26,29). The quantitative estimate of drug-likeness (QED) is 0.497. The lowest BCUT2D eigenvalue weighted by Gasteiger charge is -2.20.